The Labute approximate surface area is 136 Å². The molecule has 0 heterocycles. The Morgan fingerprint density at radius 2 is 1.96 bits per heavy atom. The zero-order chi connectivity index (χ0) is 17.0. The summed E-state index contributed by atoms with van der Waals surface area (Å²) in [7, 11) is -3.73. The van der Waals surface area contributed by atoms with E-state index < -0.39 is 21.7 Å². The van der Waals surface area contributed by atoms with Crippen molar-refractivity contribution in [2.45, 2.75) is 32.6 Å². The molecule has 0 unspecified atom stereocenters. The Morgan fingerprint density at radius 1 is 1.30 bits per heavy atom. The van der Waals surface area contributed by atoms with Gasteiger partial charge in [-0.1, -0.05) is 19.8 Å². The van der Waals surface area contributed by atoms with Crippen molar-refractivity contribution < 1.29 is 22.3 Å². The first-order valence-electron chi connectivity index (χ1n) is 7.69. The van der Waals surface area contributed by atoms with Gasteiger partial charge in [0.1, 0.15) is 11.6 Å². The van der Waals surface area contributed by atoms with E-state index in [1.807, 2.05) is 0 Å². The fraction of sp³-hybridized carbons (Fsp3) is 0.562. The Bertz CT molecular complexity index is 667. The topological polar surface area (TPSA) is 72.5 Å². The summed E-state index contributed by atoms with van der Waals surface area (Å²) < 4.78 is 43.3. The van der Waals surface area contributed by atoms with E-state index >= 15 is 0 Å². The van der Waals surface area contributed by atoms with Crippen LogP contribution in [0.1, 0.15) is 43.0 Å². The maximum Gasteiger partial charge on any atom is 0.267 e. The predicted molar refractivity (Wildman–Crippen MR) is 85.3 cm³/mol. The lowest BCUT2D eigenvalue weighted by Crippen LogP contribution is -2.30. The monoisotopic (exact) mass is 343 g/mol. The second-order valence-corrected chi connectivity index (χ2v) is 8.03. The largest absolute Gasteiger partial charge is 0.493 e. The molecule has 1 aliphatic rings. The molecule has 1 amide bonds. The molecule has 1 aliphatic carbocycles. The molecule has 2 rings (SSSR count). The van der Waals surface area contributed by atoms with E-state index in [1.54, 1.807) is 4.72 Å². The molecule has 23 heavy (non-hydrogen) atoms. The SMILES string of the molecule is CC1CCC(COc2ccc(C(=O)NS(C)(=O)=O)c(F)c2)CC1. The highest BCUT2D eigenvalue weighted by Crippen LogP contribution is 2.29. The molecule has 0 aliphatic heterocycles. The van der Waals surface area contributed by atoms with Crippen LogP contribution in [0.25, 0.3) is 0 Å². The zero-order valence-electron chi connectivity index (χ0n) is 13.3. The van der Waals surface area contributed by atoms with Crippen molar-refractivity contribution in [3.05, 3.63) is 29.6 Å². The van der Waals surface area contributed by atoms with Crippen LogP contribution in [-0.2, 0) is 10.0 Å². The normalized spacial score (nSPS) is 21.7. The van der Waals surface area contributed by atoms with E-state index in [-0.39, 0.29) is 5.56 Å². The highest BCUT2D eigenvalue weighted by molar-refractivity contribution is 7.89. The summed E-state index contributed by atoms with van der Waals surface area (Å²) in [4.78, 5) is 11.7. The Morgan fingerprint density at radius 3 is 2.52 bits per heavy atom. The molecule has 0 saturated heterocycles. The van der Waals surface area contributed by atoms with Crippen LogP contribution in [0.5, 0.6) is 5.75 Å². The van der Waals surface area contributed by atoms with Crippen molar-refractivity contribution in [2.75, 3.05) is 12.9 Å². The summed E-state index contributed by atoms with van der Waals surface area (Å²) in [5, 5.41) is 0. The third kappa shape index (κ3) is 5.49. The maximum atomic E-state index is 14.0. The molecule has 0 spiro atoms. The van der Waals surface area contributed by atoms with E-state index in [2.05, 4.69) is 6.92 Å². The van der Waals surface area contributed by atoms with Gasteiger partial charge in [-0.05, 0) is 36.8 Å². The van der Waals surface area contributed by atoms with Crippen LogP contribution in [0.2, 0.25) is 0 Å². The van der Waals surface area contributed by atoms with Gasteiger partial charge in [0.15, 0.2) is 0 Å². The van der Waals surface area contributed by atoms with Gasteiger partial charge in [-0.15, -0.1) is 0 Å². The molecular weight excluding hydrogens is 321 g/mol. The smallest absolute Gasteiger partial charge is 0.267 e. The lowest BCUT2D eigenvalue weighted by Gasteiger charge is -2.26. The molecule has 5 nitrogen and oxygen atoms in total. The third-order valence-electron chi connectivity index (χ3n) is 4.08. The molecule has 0 aromatic heterocycles. The molecule has 7 heteroatoms. The zero-order valence-corrected chi connectivity index (χ0v) is 14.2. The number of sulfonamides is 1. The first-order chi connectivity index (χ1) is 10.7. The number of benzene rings is 1. The molecule has 1 fully saturated rings. The van der Waals surface area contributed by atoms with Gasteiger partial charge in [0.05, 0.1) is 18.4 Å². The quantitative estimate of drug-likeness (QED) is 0.892. The van der Waals surface area contributed by atoms with Crippen LogP contribution in [0.3, 0.4) is 0 Å². The van der Waals surface area contributed by atoms with E-state index in [4.69, 9.17) is 4.74 Å². The molecule has 1 N–H and O–H groups in total. The summed E-state index contributed by atoms with van der Waals surface area (Å²) >= 11 is 0. The average Bonchev–Trinajstić information content (AvgIpc) is 2.45. The van der Waals surface area contributed by atoms with Crippen LogP contribution < -0.4 is 9.46 Å². The highest BCUT2D eigenvalue weighted by atomic mass is 32.2. The van der Waals surface area contributed by atoms with E-state index in [0.717, 1.165) is 31.1 Å². The fourth-order valence-electron chi connectivity index (χ4n) is 2.70. The minimum absolute atomic E-state index is 0.325. The molecule has 1 aromatic rings. The Kier molecular flexibility index (Phi) is 5.62. The van der Waals surface area contributed by atoms with E-state index in [0.29, 0.717) is 18.3 Å². The van der Waals surface area contributed by atoms with Crippen LogP contribution in [-0.4, -0.2) is 27.2 Å². The number of amides is 1. The number of carbonyl (C=O) groups is 1. The second kappa shape index (κ2) is 7.29. The lowest BCUT2D eigenvalue weighted by molar-refractivity contribution is 0.0977. The standard InChI is InChI=1S/C16H22FNO4S/c1-11-3-5-12(6-4-11)10-22-13-7-8-14(15(17)9-13)16(19)18-23(2,20)21/h7-9,11-12H,3-6,10H2,1-2H3,(H,18,19). The summed E-state index contributed by atoms with van der Waals surface area (Å²) in [5.41, 5.74) is -0.325. The number of ether oxygens (including phenoxy) is 1. The van der Waals surface area contributed by atoms with Gasteiger partial charge < -0.3 is 4.74 Å². The minimum atomic E-state index is -3.73. The Hall–Kier alpha value is -1.63. The van der Waals surface area contributed by atoms with Gasteiger partial charge in [0, 0.05) is 6.07 Å². The third-order valence-corrected chi connectivity index (χ3v) is 4.64. The summed E-state index contributed by atoms with van der Waals surface area (Å²) in [5.74, 6) is -0.213. The van der Waals surface area contributed by atoms with Gasteiger partial charge in [-0.3, -0.25) is 4.79 Å². The van der Waals surface area contributed by atoms with Gasteiger partial charge in [0.2, 0.25) is 10.0 Å². The van der Waals surface area contributed by atoms with Crippen molar-refractivity contribution in [1.29, 1.82) is 0 Å². The first-order valence-corrected chi connectivity index (χ1v) is 9.58. The van der Waals surface area contributed by atoms with Gasteiger partial charge in [-0.2, -0.15) is 0 Å². The number of hydrogen-bond donors (Lipinski definition) is 1. The second-order valence-electron chi connectivity index (χ2n) is 6.28. The number of nitrogens with one attached hydrogen (secondary N) is 1. The molecule has 0 bridgehead atoms. The fourth-order valence-corrected chi connectivity index (χ4v) is 3.15. The minimum Gasteiger partial charge on any atom is -0.493 e. The number of halogens is 1. The summed E-state index contributed by atoms with van der Waals surface area (Å²) in [6.07, 6.45) is 5.43. The average molecular weight is 343 g/mol. The Balaban J connectivity index is 1.95. The molecule has 1 aromatic carbocycles. The number of hydrogen-bond acceptors (Lipinski definition) is 4. The van der Waals surface area contributed by atoms with E-state index in [9.17, 15) is 17.6 Å². The van der Waals surface area contributed by atoms with Gasteiger partial charge >= 0.3 is 0 Å². The van der Waals surface area contributed by atoms with Gasteiger partial charge in [-0.25, -0.2) is 17.5 Å². The maximum absolute atomic E-state index is 14.0. The van der Waals surface area contributed by atoms with Crippen molar-refractivity contribution in [2.24, 2.45) is 11.8 Å². The van der Waals surface area contributed by atoms with Gasteiger partial charge in [0.25, 0.3) is 5.91 Å². The number of rotatable bonds is 5. The molecule has 0 radical (unpaired) electrons. The molecule has 128 valence electrons. The highest BCUT2D eigenvalue weighted by Gasteiger charge is 2.20. The summed E-state index contributed by atoms with van der Waals surface area (Å²) in [6.45, 7) is 2.77. The van der Waals surface area contributed by atoms with Crippen LogP contribution >= 0.6 is 0 Å². The van der Waals surface area contributed by atoms with Crippen molar-refractivity contribution in [1.82, 2.24) is 4.72 Å². The van der Waals surface area contributed by atoms with Crippen molar-refractivity contribution in [3.8, 4) is 5.75 Å². The van der Waals surface area contributed by atoms with E-state index in [1.165, 1.54) is 25.0 Å². The van der Waals surface area contributed by atoms with Crippen molar-refractivity contribution in [3.63, 3.8) is 0 Å². The van der Waals surface area contributed by atoms with Crippen molar-refractivity contribution >= 4 is 15.9 Å². The lowest BCUT2D eigenvalue weighted by atomic mass is 9.83. The number of carbonyl (C=O) groups excluding carboxylic acids is 1. The van der Waals surface area contributed by atoms with Crippen LogP contribution in [0.15, 0.2) is 18.2 Å². The van der Waals surface area contributed by atoms with Crippen LogP contribution in [0, 0.1) is 17.7 Å². The molecular formula is C16H22FNO4S. The summed E-state index contributed by atoms with van der Waals surface area (Å²) in [6, 6.07) is 3.82. The first kappa shape index (κ1) is 17.7. The predicted octanol–water partition coefficient (Wildman–Crippen LogP) is 2.72. The van der Waals surface area contributed by atoms with Crippen LogP contribution in [0.4, 0.5) is 4.39 Å². The molecule has 0 atom stereocenters. The molecule has 1 saturated carbocycles.